The van der Waals surface area contributed by atoms with Gasteiger partial charge in [0.25, 0.3) is 0 Å². The molecule has 2 aliphatic heterocycles. The Morgan fingerprint density at radius 2 is 1.53 bits per heavy atom. The minimum atomic E-state index is 0.107. The normalized spacial score (nSPS) is 37.8. The first-order valence-electron chi connectivity index (χ1n) is 6.64. The van der Waals surface area contributed by atoms with Gasteiger partial charge >= 0.3 is 0 Å². The predicted molar refractivity (Wildman–Crippen MR) is 68.2 cm³/mol. The van der Waals surface area contributed by atoms with E-state index in [4.69, 9.17) is 9.47 Å². The molecule has 0 radical (unpaired) electrons. The van der Waals surface area contributed by atoms with Crippen molar-refractivity contribution in [1.29, 1.82) is 0 Å². The largest absolute Gasteiger partial charge is 0.372 e. The van der Waals surface area contributed by atoms with Crippen LogP contribution in [0.2, 0.25) is 0 Å². The first-order valence-corrected chi connectivity index (χ1v) is 6.64. The molecule has 0 bridgehead atoms. The summed E-state index contributed by atoms with van der Waals surface area (Å²) in [7, 11) is 0. The number of nitrogens with one attached hydrogen (secondary N) is 2. The van der Waals surface area contributed by atoms with E-state index in [1.165, 1.54) is 0 Å². The van der Waals surface area contributed by atoms with Gasteiger partial charge in [-0.15, -0.1) is 0 Å². The highest BCUT2D eigenvalue weighted by Gasteiger charge is 2.48. The SMILES string of the molecule is CC(C)N[C@@H]1CO[C@H]2[C@@H]1OC[C@H]2NC(C)(C)C. The second kappa shape index (κ2) is 4.84. The average molecular weight is 242 g/mol. The zero-order valence-corrected chi connectivity index (χ0v) is 11.6. The van der Waals surface area contributed by atoms with Crippen molar-refractivity contribution in [3.05, 3.63) is 0 Å². The Balaban J connectivity index is 1.92. The number of ether oxygens (including phenoxy) is 2. The second-order valence-electron chi connectivity index (χ2n) is 6.52. The van der Waals surface area contributed by atoms with Crippen LogP contribution in [0.4, 0.5) is 0 Å². The summed E-state index contributed by atoms with van der Waals surface area (Å²) in [6, 6.07) is 1.13. The number of rotatable bonds is 3. The van der Waals surface area contributed by atoms with Crippen molar-refractivity contribution in [2.24, 2.45) is 0 Å². The first-order chi connectivity index (χ1) is 7.87. The van der Waals surface area contributed by atoms with Crippen LogP contribution >= 0.6 is 0 Å². The molecular weight excluding hydrogens is 216 g/mol. The molecule has 17 heavy (non-hydrogen) atoms. The van der Waals surface area contributed by atoms with E-state index in [2.05, 4.69) is 45.3 Å². The highest BCUT2D eigenvalue weighted by molar-refractivity contribution is 5.02. The quantitative estimate of drug-likeness (QED) is 0.772. The van der Waals surface area contributed by atoms with E-state index in [1.54, 1.807) is 0 Å². The molecule has 0 saturated carbocycles. The third-order valence-electron chi connectivity index (χ3n) is 3.22. The Labute approximate surface area is 104 Å². The molecule has 2 aliphatic rings. The van der Waals surface area contributed by atoms with Crippen LogP contribution in [0.15, 0.2) is 0 Å². The van der Waals surface area contributed by atoms with Crippen molar-refractivity contribution in [3.8, 4) is 0 Å². The molecule has 0 aromatic carbocycles. The van der Waals surface area contributed by atoms with Crippen LogP contribution in [-0.4, -0.2) is 49.1 Å². The lowest BCUT2D eigenvalue weighted by atomic mass is 10.0. The highest BCUT2D eigenvalue weighted by Crippen LogP contribution is 2.28. The lowest BCUT2D eigenvalue weighted by molar-refractivity contribution is 0.0636. The number of fused-ring (bicyclic) bond motifs is 1. The maximum Gasteiger partial charge on any atom is 0.103 e. The monoisotopic (exact) mass is 242 g/mol. The smallest absolute Gasteiger partial charge is 0.103 e. The Bertz CT molecular complexity index is 263. The summed E-state index contributed by atoms with van der Waals surface area (Å²) in [5.41, 5.74) is 0.107. The fraction of sp³-hybridized carbons (Fsp3) is 1.00. The molecule has 0 aliphatic carbocycles. The van der Waals surface area contributed by atoms with Crippen molar-refractivity contribution < 1.29 is 9.47 Å². The summed E-state index contributed by atoms with van der Waals surface area (Å²) in [6.45, 7) is 12.4. The summed E-state index contributed by atoms with van der Waals surface area (Å²) >= 11 is 0. The highest BCUT2D eigenvalue weighted by atomic mass is 16.6. The van der Waals surface area contributed by atoms with Crippen LogP contribution in [-0.2, 0) is 9.47 Å². The van der Waals surface area contributed by atoms with Gasteiger partial charge in [0.15, 0.2) is 0 Å². The molecule has 2 heterocycles. The van der Waals surface area contributed by atoms with Crippen LogP contribution in [0.3, 0.4) is 0 Å². The molecule has 2 fully saturated rings. The van der Waals surface area contributed by atoms with E-state index in [0.717, 1.165) is 13.2 Å². The zero-order chi connectivity index (χ0) is 12.6. The minimum absolute atomic E-state index is 0.107. The van der Waals surface area contributed by atoms with Crippen molar-refractivity contribution >= 4 is 0 Å². The predicted octanol–water partition coefficient (Wildman–Crippen LogP) is 0.907. The van der Waals surface area contributed by atoms with Gasteiger partial charge < -0.3 is 20.1 Å². The first kappa shape index (κ1) is 13.3. The minimum Gasteiger partial charge on any atom is -0.372 e. The van der Waals surface area contributed by atoms with E-state index in [9.17, 15) is 0 Å². The zero-order valence-electron chi connectivity index (χ0n) is 11.6. The Hall–Kier alpha value is -0.160. The van der Waals surface area contributed by atoms with Crippen LogP contribution in [0, 0.1) is 0 Å². The van der Waals surface area contributed by atoms with Crippen molar-refractivity contribution in [2.75, 3.05) is 13.2 Å². The van der Waals surface area contributed by atoms with Gasteiger partial charge in [-0.3, -0.25) is 0 Å². The summed E-state index contributed by atoms with van der Waals surface area (Å²) in [6.07, 6.45) is 0.405. The maximum atomic E-state index is 5.90. The molecule has 0 aromatic heterocycles. The molecule has 0 aromatic rings. The Morgan fingerprint density at radius 3 is 2.06 bits per heavy atom. The Kier molecular flexibility index (Phi) is 3.78. The molecule has 4 nitrogen and oxygen atoms in total. The topological polar surface area (TPSA) is 42.5 Å². The molecule has 4 heteroatoms. The van der Waals surface area contributed by atoms with Crippen molar-refractivity contribution in [3.63, 3.8) is 0 Å². The molecule has 100 valence electrons. The van der Waals surface area contributed by atoms with Gasteiger partial charge in [0.2, 0.25) is 0 Å². The van der Waals surface area contributed by atoms with Crippen LogP contribution in [0.1, 0.15) is 34.6 Å². The third kappa shape index (κ3) is 3.19. The van der Waals surface area contributed by atoms with Crippen LogP contribution in [0.5, 0.6) is 0 Å². The fourth-order valence-corrected chi connectivity index (χ4v) is 2.75. The molecule has 2 N–H and O–H groups in total. The van der Waals surface area contributed by atoms with Gasteiger partial charge in [0.05, 0.1) is 25.3 Å². The summed E-state index contributed by atoms with van der Waals surface area (Å²) in [4.78, 5) is 0. The average Bonchev–Trinajstić information content (AvgIpc) is 2.68. The van der Waals surface area contributed by atoms with Gasteiger partial charge in [0, 0.05) is 11.6 Å². The van der Waals surface area contributed by atoms with Gasteiger partial charge in [-0.2, -0.15) is 0 Å². The van der Waals surface area contributed by atoms with E-state index in [-0.39, 0.29) is 17.7 Å². The lowest BCUT2D eigenvalue weighted by Gasteiger charge is -2.27. The van der Waals surface area contributed by atoms with E-state index < -0.39 is 0 Å². The number of hydrogen-bond donors (Lipinski definition) is 2. The van der Waals surface area contributed by atoms with Crippen molar-refractivity contribution in [1.82, 2.24) is 10.6 Å². The fourth-order valence-electron chi connectivity index (χ4n) is 2.75. The van der Waals surface area contributed by atoms with Gasteiger partial charge in [-0.1, -0.05) is 13.8 Å². The van der Waals surface area contributed by atoms with E-state index in [0.29, 0.717) is 18.1 Å². The maximum absolute atomic E-state index is 5.90. The van der Waals surface area contributed by atoms with Gasteiger partial charge in [0.1, 0.15) is 12.2 Å². The molecular formula is C13H26N2O2. The second-order valence-corrected chi connectivity index (χ2v) is 6.52. The number of hydrogen-bond acceptors (Lipinski definition) is 4. The standard InChI is InChI=1S/C13H26N2O2/c1-8(2)14-9-6-16-12-10(7-17-11(9)12)15-13(3,4)5/h8-12,14-15H,6-7H2,1-5H3/t9-,10-,11-,12-/m1/s1. The summed E-state index contributed by atoms with van der Waals surface area (Å²) < 4.78 is 11.8. The molecule has 0 spiro atoms. The lowest BCUT2D eigenvalue weighted by Crippen LogP contribution is -2.50. The summed E-state index contributed by atoms with van der Waals surface area (Å²) in [5, 5.41) is 7.10. The molecule has 0 unspecified atom stereocenters. The van der Waals surface area contributed by atoms with Crippen LogP contribution in [0.25, 0.3) is 0 Å². The van der Waals surface area contributed by atoms with E-state index >= 15 is 0 Å². The van der Waals surface area contributed by atoms with Gasteiger partial charge in [-0.05, 0) is 20.8 Å². The van der Waals surface area contributed by atoms with E-state index in [1.807, 2.05) is 0 Å². The van der Waals surface area contributed by atoms with Crippen molar-refractivity contribution in [2.45, 2.75) is 70.5 Å². The summed E-state index contributed by atoms with van der Waals surface area (Å²) in [5.74, 6) is 0. The van der Waals surface area contributed by atoms with Crippen LogP contribution < -0.4 is 10.6 Å². The molecule has 2 saturated heterocycles. The van der Waals surface area contributed by atoms with Gasteiger partial charge in [-0.25, -0.2) is 0 Å². The molecule has 2 rings (SSSR count). The Morgan fingerprint density at radius 1 is 1.00 bits per heavy atom. The molecule has 0 amide bonds. The molecule has 4 atom stereocenters. The third-order valence-corrected chi connectivity index (χ3v) is 3.22.